The summed E-state index contributed by atoms with van der Waals surface area (Å²) in [5.74, 6) is -1.74. The Balaban J connectivity index is -0.00000165. The fourth-order valence-electron chi connectivity index (χ4n) is 2.81. The standard InChI is InChI=1S/C20H38O7S.C4H10.Na/c1-5-9-11-16(7-3)14-26-19(21)13-18(28(23,24)25)20(22)27-15-17(8-4)12-10-6-2;1-3-4-2;/h16-18H,5-15H2,1-4H3,(H,23,24,25);3-4H2,1-2H3;/q;;+1/p-1. The van der Waals surface area contributed by atoms with E-state index < -0.39 is 33.7 Å². The molecule has 3 atom stereocenters. The second kappa shape index (κ2) is 23.6. The van der Waals surface area contributed by atoms with Gasteiger partial charge in [-0.05, 0) is 24.7 Å². The summed E-state index contributed by atoms with van der Waals surface area (Å²) in [6, 6.07) is 0. The van der Waals surface area contributed by atoms with Crippen molar-refractivity contribution >= 4 is 22.1 Å². The van der Waals surface area contributed by atoms with Crippen LogP contribution in [0.4, 0.5) is 0 Å². The van der Waals surface area contributed by atoms with E-state index in [9.17, 15) is 22.6 Å². The summed E-state index contributed by atoms with van der Waals surface area (Å²) < 4.78 is 44.6. The van der Waals surface area contributed by atoms with Gasteiger partial charge in [0.15, 0.2) is 5.25 Å². The van der Waals surface area contributed by atoms with E-state index in [1.54, 1.807) is 0 Å². The van der Waals surface area contributed by atoms with Gasteiger partial charge in [-0.15, -0.1) is 0 Å². The van der Waals surface area contributed by atoms with Gasteiger partial charge in [0.1, 0.15) is 10.1 Å². The third-order valence-electron chi connectivity index (χ3n) is 5.49. The number of esters is 2. The summed E-state index contributed by atoms with van der Waals surface area (Å²) in [4.78, 5) is 24.1. The molecular formula is C24H47NaO7S. The Morgan fingerprint density at radius 3 is 1.52 bits per heavy atom. The third kappa shape index (κ3) is 20.9. The van der Waals surface area contributed by atoms with Crippen LogP contribution < -0.4 is 29.6 Å². The molecule has 0 rings (SSSR count). The number of carbonyl (C=O) groups is 2. The number of hydrogen-bond donors (Lipinski definition) is 0. The number of hydrogen-bond acceptors (Lipinski definition) is 7. The first-order valence-electron chi connectivity index (χ1n) is 12.4. The molecule has 0 aromatic heterocycles. The summed E-state index contributed by atoms with van der Waals surface area (Å²) in [5, 5.41) is -2.06. The summed E-state index contributed by atoms with van der Waals surface area (Å²) >= 11 is 0. The van der Waals surface area contributed by atoms with Gasteiger partial charge < -0.3 is 14.0 Å². The topological polar surface area (TPSA) is 110 Å². The molecule has 0 N–H and O–H groups in total. The SMILES string of the molecule is CCCC.CCCCC(CC)COC(=O)CC(C(=O)OCC(CC)CCCC)S(=O)(=O)[O-].[Na+]. The molecule has 33 heavy (non-hydrogen) atoms. The van der Waals surface area contributed by atoms with Gasteiger partial charge in [0, 0.05) is 0 Å². The van der Waals surface area contributed by atoms with Gasteiger partial charge in [0.05, 0.1) is 19.6 Å². The Morgan fingerprint density at radius 2 is 1.18 bits per heavy atom. The smallest absolute Gasteiger partial charge is 0.747 e. The van der Waals surface area contributed by atoms with Crippen molar-refractivity contribution in [3.63, 3.8) is 0 Å². The normalized spacial score (nSPS) is 13.5. The van der Waals surface area contributed by atoms with Gasteiger partial charge in [-0.1, -0.05) is 92.9 Å². The molecule has 0 bridgehead atoms. The molecule has 9 heteroatoms. The van der Waals surface area contributed by atoms with Crippen molar-refractivity contribution in [1.29, 1.82) is 0 Å². The quantitative estimate of drug-likeness (QED) is 0.171. The van der Waals surface area contributed by atoms with Crippen molar-refractivity contribution in [1.82, 2.24) is 0 Å². The molecule has 0 saturated heterocycles. The van der Waals surface area contributed by atoms with Crippen LogP contribution in [0.1, 0.15) is 112 Å². The van der Waals surface area contributed by atoms with Crippen LogP contribution in [-0.4, -0.2) is 43.4 Å². The van der Waals surface area contributed by atoms with E-state index in [0.29, 0.717) is 0 Å². The van der Waals surface area contributed by atoms with Crippen molar-refractivity contribution in [3.8, 4) is 0 Å². The summed E-state index contributed by atoms with van der Waals surface area (Å²) in [7, 11) is -5.01. The predicted octanol–water partition coefficient (Wildman–Crippen LogP) is 2.62. The molecule has 0 aliphatic carbocycles. The molecule has 0 saturated carbocycles. The molecule has 0 aliphatic heterocycles. The molecule has 0 amide bonds. The number of rotatable bonds is 17. The van der Waals surface area contributed by atoms with Gasteiger partial charge in [0.25, 0.3) is 0 Å². The van der Waals surface area contributed by atoms with Crippen LogP contribution in [0, 0.1) is 11.8 Å². The van der Waals surface area contributed by atoms with E-state index in [1.807, 2.05) is 13.8 Å². The first-order chi connectivity index (χ1) is 15.1. The maximum atomic E-state index is 12.1. The molecular weight excluding hydrogens is 455 g/mol. The number of ether oxygens (including phenoxy) is 2. The number of unbranched alkanes of at least 4 members (excludes halogenated alkanes) is 3. The Labute approximate surface area is 225 Å². The van der Waals surface area contributed by atoms with E-state index in [1.165, 1.54) is 12.8 Å². The molecule has 0 aliphatic rings. The van der Waals surface area contributed by atoms with Crippen LogP contribution in [0.3, 0.4) is 0 Å². The molecule has 3 unspecified atom stereocenters. The molecule has 0 spiro atoms. The van der Waals surface area contributed by atoms with E-state index in [-0.39, 0.29) is 54.6 Å². The van der Waals surface area contributed by atoms with E-state index in [0.717, 1.165) is 51.4 Å². The van der Waals surface area contributed by atoms with Crippen molar-refractivity contribution in [2.45, 2.75) is 117 Å². The van der Waals surface area contributed by atoms with Gasteiger partial charge in [-0.25, -0.2) is 8.42 Å². The zero-order chi connectivity index (χ0) is 25.0. The minimum atomic E-state index is -5.01. The molecule has 0 aromatic rings. The monoisotopic (exact) mass is 502 g/mol. The van der Waals surface area contributed by atoms with E-state index >= 15 is 0 Å². The van der Waals surface area contributed by atoms with E-state index in [4.69, 9.17) is 9.47 Å². The Morgan fingerprint density at radius 1 is 0.758 bits per heavy atom. The van der Waals surface area contributed by atoms with Gasteiger partial charge in [0.2, 0.25) is 0 Å². The molecule has 0 fully saturated rings. The Bertz CT molecular complexity index is 579. The Kier molecular flexibility index (Phi) is 26.7. The van der Waals surface area contributed by atoms with Crippen LogP contribution >= 0.6 is 0 Å². The second-order valence-corrected chi connectivity index (χ2v) is 9.89. The zero-order valence-corrected chi connectivity index (χ0v) is 25.0. The molecule has 0 radical (unpaired) electrons. The fraction of sp³-hybridized carbons (Fsp3) is 0.917. The Hall–Kier alpha value is -0.150. The zero-order valence-electron chi connectivity index (χ0n) is 22.2. The van der Waals surface area contributed by atoms with Crippen LogP contribution in [0.15, 0.2) is 0 Å². The third-order valence-corrected chi connectivity index (χ3v) is 6.55. The van der Waals surface area contributed by atoms with Crippen LogP contribution in [0.25, 0.3) is 0 Å². The van der Waals surface area contributed by atoms with Crippen molar-refractivity contribution < 1.29 is 61.6 Å². The second-order valence-electron chi connectivity index (χ2n) is 8.33. The summed E-state index contributed by atoms with van der Waals surface area (Å²) in [5.41, 5.74) is 0. The average molecular weight is 503 g/mol. The van der Waals surface area contributed by atoms with Crippen molar-refractivity contribution in [3.05, 3.63) is 0 Å². The van der Waals surface area contributed by atoms with Crippen LogP contribution in [0.5, 0.6) is 0 Å². The average Bonchev–Trinajstić information content (AvgIpc) is 2.76. The predicted molar refractivity (Wildman–Crippen MR) is 127 cm³/mol. The molecule has 7 nitrogen and oxygen atoms in total. The molecule has 0 heterocycles. The first-order valence-corrected chi connectivity index (χ1v) is 13.8. The largest absolute Gasteiger partial charge is 1.00 e. The van der Waals surface area contributed by atoms with Crippen LogP contribution in [-0.2, 0) is 29.2 Å². The molecule has 0 aromatic carbocycles. The van der Waals surface area contributed by atoms with Gasteiger partial charge in [-0.2, -0.15) is 0 Å². The maximum absolute atomic E-state index is 12.1. The van der Waals surface area contributed by atoms with Gasteiger partial charge >= 0.3 is 41.5 Å². The summed E-state index contributed by atoms with van der Waals surface area (Å²) in [6.07, 6.45) is 9.22. The van der Waals surface area contributed by atoms with Crippen molar-refractivity contribution in [2.24, 2.45) is 11.8 Å². The molecule has 192 valence electrons. The van der Waals surface area contributed by atoms with E-state index in [2.05, 4.69) is 27.7 Å². The van der Waals surface area contributed by atoms with Gasteiger partial charge in [-0.3, -0.25) is 9.59 Å². The number of carbonyl (C=O) groups excluding carboxylic acids is 2. The minimum absolute atomic E-state index is 0. The van der Waals surface area contributed by atoms with Crippen LogP contribution in [0.2, 0.25) is 0 Å². The first kappa shape index (κ1) is 37.4. The summed E-state index contributed by atoms with van der Waals surface area (Å²) in [6.45, 7) is 12.6. The fourth-order valence-corrected chi connectivity index (χ4v) is 3.46. The maximum Gasteiger partial charge on any atom is 1.00 e. The minimum Gasteiger partial charge on any atom is -0.747 e. The van der Waals surface area contributed by atoms with Crippen molar-refractivity contribution in [2.75, 3.05) is 13.2 Å².